The second-order valence-electron chi connectivity index (χ2n) is 13.1. The van der Waals surface area contributed by atoms with E-state index in [1.54, 1.807) is 47.4 Å². The molecule has 0 fully saturated rings. The summed E-state index contributed by atoms with van der Waals surface area (Å²) in [5.41, 5.74) is 4.65. The van der Waals surface area contributed by atoms with Crippen molar-refractivity contribution in [2.24, 2.45) is 11.8 Å². The van der Waals surface area contributed by atoms with Crippen LogP contribution in [0.5, 0.6) is 0 Å². The summed E-state index contributed by atoms with van der Waals surface area (Å²) in [6.45, 7) is 0.669. The number of sulfone groups is 1. The molecule has 18 heteroatoms. The summed E-state index contributed by atoms with van der Waals surface area (Å²) in [4.78, 5) is 33.7. The van der Waals surface area contributed by atoms with E-state index in [0.29, 0.717) is 50.2 Å². The number of methoxy groups -OCH3 is 2. The summed E-state index contributed by atoms with van der Waals surface area (Å²) in [7, 11) is -0.788. The van der Waals surface area contributed by atoms with E-state index in [1.165, 1.54) is 14.2 Å². The van der Waals surface area contributed by atoms with Crippen LogP contribution in [0.15, 0.2) is 105 Å². The van der Waals surface area contributed by atoms with E-state index < -0.39 is 15.8 Å². The van der Waals surface area contributed by atoms with Crippen molar-refractivity contribution >= 4 is 113 Å². The summed E-state index contributed by atoms with van der Waals surface area (Å²) in [5, 5.41) is 9.19. The molecule has 316 valence electrons. The summed E-state index contributed by atoms with van der Waals surface area (Å²) >= 11 is 28.4. The molecule has 4 aromatic carbocycles. The smallest absolute Gasteiger partial charge is 0.310 e. The number of rotatable bonds is 16. The number of esters is 2. The molecule has 2 aromatic heterocycles. The molecule has 0 spiro atoms. The molecule has 2 unspecified atom stereocenters. The number of thioether (sulfide) groups is 1. The molecule has 10 nitrogen and oxygen atoms in total. The maximum Gasteiger partial charge on any atom is 0.310 e. The highest BCUT2D eigenvalue weighted by Gasteiger charge is 2.25. The van der Waals surface area contributed by atoms with Crippen molar-refractivity contribution in [1.82, 2.24) is 9.97 Å². The first kappa shape index (κ1) is 47.2. The molecule has 0 aliphatic carbocycles. The maximum absolute atomic E-state index is 12.3. The van der Waals surface area contributed by atoms with Crippen molar-refractivity contribution in [3.05, 3.63) is 128 Å². The highest BCUT2D eigenvalue weighted by atomic mass is 35.5. The van der Waals surface area contributed by atoms with Gasteiger partial charge < -0.3 is 20.1 Å². The minimum atomic E-state index is -3.54. The van der Waals surface area contributed by atoms with Crippen LogP contribution in [-0.4, -0.2) is 70.1 Å². The summed E-state index contributed by atoms with van der Waals surface area (Å²) in [6, 6.07) is 29.8. The zero-order chi connectivity index (χ0) is 43.4. The first-order chi connectivity index (χ1) is 28.7. The van der Waals surface area contributed by atoms with E-state index in [-0.39, 0.29) is 34.3 Å². The van der Waals surface area contributed by atoms with Gasteiger partial charge in [-0.2, -0.15) is 0 Å². The minimum absolute atomic E-state index is 0.103. The third kappa shape index (κ3) is 13.1. The second kappa shape index (κ2) is 22.3. The van der Waals surface area contributed by atoms with E-state index in [0.717, 1.165) is 49.3 Å². The van der Waals surface area contributed by atoms with E-state index >= 15 is 0 Å². The Morgan fingerprint density at radius 1 is 0.667 bits per heavy atom. The zero-order valence-corrected chi connectivity index (χ0v) is 39.0. The van der Waals surface area contributed by atoms with Crippen molar-refractivity contribution in [2.75, 3.05) is 50.5 Å². The molecule has 2 N–H and O–H groups in total. The van der Waals surface area contributed by atoms with Crippen LogP contribution in [0.1, 0.15) is 11.1 Å². The first-order valence-corrected chi connectivity index (χ1v) is 24.3. The van der Waals surface area contributed by atoms with Gasteiger partial charge in [0.2, 0.25) is 0 Å². The maximum atomic E-state index is 12.3. The lowest BCUT2D eigenvalue weighted by Crippen LogP contribution is -2.26. The standard InChI is InChI=1S/C21H20Cl2N2O4S2.C21H20Cl2N2O2S2/c1-29-19(26)15(10-13-6-4-3-5-7-13)12-24-21-25-18(20(30-21)31(2,27)28)14-8-9-16(22)17(23)11-14;1-27-19(26)15(10-13-6-4-3-5-7-13)12-24-21-25-18(20(28-2)29-21)14-8-9-16(22)17(23)11-14/h3-9,11,15H,10,12H2,1-2H3,(H,24,25);3-9,11,15H,10,12H2,1-2H3,(H,24,25). The Labute approximate surface area is 381 Å². The van der Waals surface area contributed by atoms with Crippen molar-refractivity contribution in [1.29, 1.82) is 0 Å². The fraction of sp³-hybridized carbons (Fsp3) is 0.238. The summed E-state index contributed by atoms with van der Waals surface area (Å²) in [6.07, 6.45) is 4.20. The van der Waals surface area contributed by atoms with Gasteiger partial charge in [0.05, 0.1) is 56.0 Å². The lowest BCUT2D eigenvalue weighted by Gasteiger charge is -2.15. The van der Waals surface area contributed by atoms with Crippen LogP contribution in [0.25, 0.3) is 22.5 Å². The number of nitrogens with one attached hydrogen (secondary N) is 2. The number of carbonyl (C=O) groups is 2. The Hall–Kier alpha value is -3.86. The molecule has 0 radical (unpaired) electrons. The van der Waals surface area contributed by atoms with Gasteiger partial charge in [-0.25, -0.2) is 18.4 Å². The Bertz CT molecular complexity index is 2510. The number of aromatic nitrogens is 2. The number of nitrogens with zero attached hydrogens (tertiary/aromatic N) is 2. The zero-order valence-electron chi connectivity index (χ0n) is 32.7. The number of anilines is 2. The van der Waals surface area contributed by atoms with E-state index in [1.807, 2.05) is 79.1 Å². The Kier molecular flexibility index (Phi) is 17.5. The fourth-order valence-electron chi connectivity index (χ4n) is 5.83. The lowest BCUT2D eigenvalue weighted by atomic mass is 9.99. The molecular formula is C42H40Cl4N4O6S4. The van der Waals surface area contributed by atoms with Gasteiger partial charge >= 0.3 is 11.9 Å². The van der Waals surface area contributed by atoms with Crippen molar-refractivity contribution in [3.8, 4) is 22.5 Å². The highest BCUT2D eigenvalue weighted by molar-refractivity contribution is 8.00. The van der Waals surface area contributed by atoms with Gasteiger partial charge in [-0.05, 0) is 54.5 Å². The number of ether oxygens (including phenoxy) is 2. The lowest BCUT2D eigenvalue weighted by molar-refractivity contribution is -0.145. The number of thiazole rings is 2. The molecule has 0 saturated heterocycles. The molecular weight excluding hydrogens is 927 g/mol. The van der Waals surface area contributed by atoms with Crippen LogP contribution in [0.3, 0.4) is 0 Å². The molecule has 0 aliphatic rings. The predicted molar refractivity (Wildman–Crippen MR) is 248 cm³/mol. The van der Waals surface area contributed by atoms with E-state index in [4.69, 9.17) is 60.9 Å². The van der Waals surface area contributed by atoms with Gasteiger partial charge in [0.15, 0.2) is 20.1 Å². The third-order valence-corrected chi connectivity index (χ3v) is 15.3. The third-order valence-electron chi connectivity index (χ3n) is 8.82. The van der Waals surface area contributed by atoms with Crippen molar-refractivity contribution in [3.63, 3.8) is 0 Å². The van der Waals surface area contributed by atoms with Gasteiger partial charge in [-0.3, -0.25) is 9.59 Å². The van der Waals surface area contributed by atoms with Gasteiger partial charge in [-0.15, -0.1) is 11.8 Å². The SMILES string of the molecule is COC(=O)C(CNc1nc(-c2ccc(Cl)c(Cl)c2)c(S(C)(=O)=O)s1)Cc1ccccc1.COC(=O)C(CNc1nc(-c2ccc(Cl)c(Cl)c2)c(SC)s1)Cc1ccccc1. The van der Waals surface area contributed by atoms with Crippen molar-refractivity contribution < 1.29 is 27.5 Å². The Balaban J connectivity index is 0.000000228. The van der Waals surface area contributed by atoms with Crippen LogP contribution in [0.2, 0.25) is 20.1 Å². The van der Waals surface area contributed by atoms with Gasteiger partial charge in [-0.1, -0.05) is 142 Å². The molecule has 0 bridgehead atoms. The quantitative estimate of drug-likeness (QED) is 0.0708. The largest absolute Gasteiger partial charge is 0.469 e. The normalized spacial score (nSPS) is 12.1. The Morgan fingerprint density at radius 3 is 1.52 bits per heavy atom. The van der Waals surface area contributed by atoms with Crippen LogP contribution >= 0.6 is 80.8 Å². The summed E-state index contributed by atoms with van der Waals surface area (Å²) in [5.74, 6) is -1.38. The van der Waals surface area contributed by atoms with Crippen LogP contribution in [-0.2, 0) is 41.7 Å². The van der Waals surface area contributed by atoms with Crippen molar-refractivity contribution in [2.45, 2.75) is 21.3 Å². The molecule has 0 amide bonds. The fourth-order valence-corrected chi connectivity index (χ4v) is 10.2. The van der Waals surface area contributed by atoms with Gasteiger partial charge in [0, 0.05) is 30.5 Å². The molecule has 60 heavy (non-hydrogen) atoms. The number of hydrogen-bond acceptors (Lipinski definition) is 13. The number of carbonyl (C=O) groups excluding carboxylic acids is 2. The predicted octanol–water partition coefficient (Wildman–Crippen LogP) is 11.2. The molecule has 2 heterocycles. The van der Waals surface area contributed by atoms with E-state index in [2.05, 4.69) is 15.6 Å². The van der Waals surface area contributed by atoms with Crippen LogP contribution in [0.4, 0.5) is 10.3 Å². The average molecular weight is 967 g/mol. The highest BCUT2D eigenvalue weighted by Crippen LogP contribution is 2.40. The van der Waals surface area contributed by atoms with Crippen LogP contribution < -0.4 is 10.6 Å². The Morgan fingerprint density at radius 2 is 1.10 bits per heavy atom. The number of hydrogen-bond donors (Lipinski definition) is 2. The molecule has 0 aliphatic heterocycles. The monoisotopic (exact) mass is 964 g/mol. The van der Waals surface area contributed by atoms with Crippen LogP contribution in [0, 0.1) is 11.8 Å². The second-order valence-corrected chi connectivity index (χ2v) is 20.0. The number of halogens is 4. The molecule has 6 rings (SSSR count). The average Bonchev–Trinajstić information content (AvgIpc) is 3.88. The molecule has 6 aromatic rings. The topological polar surface area (TPSA) is 137 Å². The minimum Gasteiger partial charge on any atom is -0.469 e. The van der Waals surface area contributed by atoms with Gasteiger partial charge in [0.25, 0.3) is 0 Å². The van der Waals surface area contributed by atoms with E-state index in [9.17, 15) is 18.0 Å². The summed E-state index contributed by atoms with van der Waals surface area (Å²) < 4.78 is 35.8. The molecule has 2 atom stereocenters. The molecule has 0 saturated carbocycles. The first-order valence-electron chi connectivity index (χ1n) is 18.1. The van der Waals surface area contributed by atoms with Gasteiger partial charge in [0.1, 0.15) is 9.90 Å². The number of benzene rings is 4.